The van der Waals surface area contributed by atoms with Crippen LogP contribution in [0.2, 0.25) is 8.67 Å². The molecule has 0 spiro atoms. The third-order valence-electron chi connectivity index (χ3n) is 1.33. The van der Waals surface area contributed by atoms with Crippen molar-refractivity contribution in [1.29, 1.82) is 0 Å². The Bertz CT molecular complexity index is 316. The molecule has 0 aliphatic heterocycles. The minimum atomic E-state index is -0.374. The van der Waals surface area contributed by atoms with Crippen molar-refractivity contribution in [3.8, 4) is 12.3 Å². The van der Waals surface area contributed by atoms with Crippen LogP contribution in [-0.2, 0) is 0 Å². The molecule has 1 heterocycles. The van der Waals surface area contributed by atoms with Gasteiger partial charge >= 0.3 is 0 Å². The molecule has 64 valence electrons. The quantitative estimate of drug-likeness (QED) is 0.456. The Kier molecular flexibility index (Phi) is 3.39. The summed E-state index contributed by atoms with van der Waals surface area (Å²) in [6.07, 6.45) is 5.20. The second-order valence-electron chi connectivity index (χ2n) is 2.05. The molecule has 0 aliphatic rings. The second kappa shape index (κ2) is 4.13. The molecule has 0 radical (unpaired) electrons. The van der Waals surface area contributed by atoms with E-state index in [1.165, 1.54) is 11.3 Å². The van der Waals surface area contributed by atoms with E-state index in [9.17, 15) is 0 Å². The van der Waals surface area contributed by atoms with Crippen LogP contribution in [0.4, 0.5) is 0 Å². The average Bonchev–Trinajstić information content (AvgIpc) is 2.34. The van der Waals surface area contributed by atoms with E-state index in [1.807, 2.05) is 0 Å². The van der Waals surface area contributed by atoms with Gasteiger partial charge in [0, 0.05) is 5.56 Å². The molecule has 0 aliphatic carbocycles. The van der Waals surface area contributed by atoms with Crippen LogP contribution < -0.4 is 11.3 Å². The van der Waals surface area contributed by atoms with Gasteiger partial charge in [-0.1, -0.05) is 29.1 Å². The molecule has 0 aromatic carbocycles. The minimum absolute atomic E-state index is 0.374. The Morgan fingerprint density at radius 3 is 2.67 bits per heavy atom. The van der Waals surface area contributed by atoms with E-state index in [-0.39, 0.29) is 6.04 Å². The van der Waals surface area contributed by atoms with E-state index in [2.05, 4.69) is 11.3 Å². The zero-order valence-corrected chi connectivity index (χ0v) is 8.30. The number of nitrogens with two attached hydrogens (primary N) is 1. The Morgan fingerprint density at radius 1 is 1.67 bits per heavy atom. The lowest BCUT2D eigenvalue weighted by Crippen LogP contribution is -2.26. The molecule has 1 atom stereocenters. The number of halogens is 2. The second-order valence-corrected chi connectivity index (χ2v) is 4.33. The fourth-order valence-corrected chi connectivity index (χ4v) is 2.31. The summed E-state index contributed by atoms with van der Waals surface area (Å²) in [7, 11) is 0. The van der Waals surface area contributed by atoms with Crippen molar-refractivity contribution in [3.63, 3.8) is 0 Å². The summed E-state index contributed by atoms with van der Waals surface area (Å²) in [6, 6.07) is 1.33. The molecule has 0 amide bonds. The first kappa shape index (κ1) is 9.85. The van der Waals surface area contributed by atoms with Crippen LogP contribution in [0.1, 0.15) is 11.6 Å². The topological polar surface area (TPSA) is 38.0 Å². The van der Waals surface area contributed by atoms with Gasteiger partial charge in [0.2, 0.25) is 0 Å². The van der Waals surface area contributed by atoms with Crippen molar-refractivity contribution in [3.05, 3.63) is 20.3 Å². The van der Waals surface area contributed by atoms with Gasteiger partial charge in [-0.3, -0.25) is 5.84 Å². The van der Waals surface area contributed by atoms with Crippen molar-refractivity contribution >= 4 is 34.5 Å². The predicted molar refractivity (Wildman–Crippen MR) is 53.2 cm³/mol. The van der Waals surface area contributed by atoms with E-state index in [0.29, 0.717) is 8.67 Å². The largest absolute Gasteiger partial charge is 0.270 e. The molecule has 1 rings (SSSR count). The Hall–Kier alpha value is -0.240. The number of terminal acetylenes is 1. The van der Waals surface area contributed by atoms with E-state index < -0.39 is 0 Å². The molecule has 0 saturated carbocycles. The van der Waals surface area contributed by atoms with Gasteiger partial charge in [-0.05, 0) is 6.07 Å². The van der Waals surface area contributed by atoms with Gasteiger partial charge < -0.3 is 0 Å². The zero-order valence-electron chi connectivity index (χ0n) is 5.97. The van der Waals surface area contributed by atoms with Crippen LogP contribution in [0.3, 0.4) is 0 Å². The summed E-state index contributed by atoms with van der Waals surface area (Å²) >= 11 is 12.8. The first-order chi connectivity index (χ1) is 5.69. The van der Waals surface area contributed by atoms with Crippen molar-refractivity contribution in [2.24, 2.45) is 5.84 Å². The number of hydrogen-bond donors (Lipinski definition) is 2. The fourth-order valence-electron chi connectivity index (χ4n) is 0.777. The highest BCUT2D eigenvalue weighted by molar-refractivity contribution is 7.20. The van der Waals surface area contributed by atoms with Gasteiger partial charge in [0.05, 0.1) is 4.34 Å². The van der Waals surface area contributed by atoms with Crippen molar-refractivity contribution in [2.45, 2.75) is 6.04 Å². The molecule has 12 heavy (non-hydrogen) atoms. The number of rotatable bonds is 2. The normalized spacial score (nSPS) is 12.5. The highest BCUT2D eigenvalue weighted by atomic mass is 35.5. The molecule has 2 nitrogen and oxygen atoms in total. The van der Waals surface area contributed by atoms with Crippen molar-refractivity contribution < 1.29 is 0 Å². The van der Waals surface area contributed by atoms with Crippen LogP contribution in [0.15, 0.2) is 6.07 Å². The lowest BCUT2D eigenvalue weighted by atomic mass is 10.2. The van der Waals surface area contributed by atoms with Gasteiger partial charge in [-0.25, -0.2) is 5.43 Å². The number of hydrogen-bond acceptors (Lipinski definition) is 3. The molecular formula is C7H6Cl2N2S. The molecule has 1 aromatic heterocycles. The summed E-state index contributed by atoms with van der Waals surface area (Å²) in [5, 5.41) is 0. The lowest BCUT2D eigenvalue weighted by molar-refractivity contribution is 0.676. The Labute approximate surface area is 84.6 Å². The summed E-state index contributed by atoms with van der Waals surface area (Å²) < 4.78 is 1.17. The SMILES string of the molecule is C#CC(NN)c1cc(Cl)sc1Cl. The molecular weight excluding hydrogens is 215 g/mol. The molecule has 0 bridgehead atoms. The first-order valence-corrected chi connectivity index (χ1v) is 4.63. The maximum Gasteiger partial charge on any atom is 0.109 e. The fraction of sp³-hybridized carbons (Fsp3) is 0.143. The predicted octanol–water partition coefficient (Wildman–Crippen LogP) is 2.19. The Balaban J connectivity index is 3.02. The molecule has 1 aromatic rings. The maximum atomic E-state index is 5.84. The molecule has 0 saturated heterocycles. The van der Waals surface area contributed by atoms with Gasteiger partial charge in [0.25, 0.3) is 0 Å². The van der Waals surface area contributed by atoms with Crippen molar-refractivity contribution in [2.75, 3.05) is 0 Å². The van der Waals surface area contributed by atoms with Crippen LogP contribution in [-0.4, -0.2) is 0 Å². The van der Waals surface area contributed by atoms with Crippen LogP contribution in [0.25, 0.3) is 0 Å². The third-order valence-corrected chi connectivity index (χ3v) is 2.85. The van der Waals surface area contributed by atoms with E-state index in [0.717, 1.165) is 5.56 Å². The summed E-state index contributed by atoms with van der Waals surface area (Å²) in [6.45, 7) is 0. The van der Waals surface area contributed by atoms with Gasteiger partial charge in [0.15, 0.2) is 0 Å². The van der Waals surface area contributed by atoms with E-state index in [1.54, 1.807) is 6.07 Å². The van der Waals surface area contributed by atoms with Gasteiger partial charge in [0.1, 0.15) is 10.4 Å². The van der Waals surface area contributed by atoms with Crippen LogP contribution in [0, 0.1) is 12.3 Å². The summed E-state index contributed by atoms with van der Waals surface area (Å²) in [5.41, 5.74) is 3.20. The molecule has 5 heteroatoms. The number of nitrogens with one attached hydrogen (secondary N) is 1. The molecule has 3 N–H and O–H groups in total. The van der Waals surface area contributed by atoms with E-state index in [4.69, 9.17) is 35.5 Å². The maximum absolute atomic E-state index is 5.84. The summed E-state index contributed by atoms with van der Waals surface area (Å²) in [5.74, 6) is 7.65. The zero-order chi connectivity index (χ0) is 9.14. The van der Waals surface area contributed by atoms with Crippen molar-refractivity contribution in [1.82, 2.24) is 5.43 Å². The third kappa shape index (κ3) is 1.92. The van der Waals surface area contributed by atoms with Gasteiger partial charge in [-0.2, -0.15) is 0 Å². The lowest BCUT2D eigenvalue weighted by Gasteiger charge is -2.06. The number of hydrazine groups is 1. The average molecular weight is 221 g/mol. The first-order valence-electron chi connectivity index (χ1n) is 3.06. The van der Waals surface area contributed by atoms with Crippen LogP contribution >= 0.6 is 34.5 Å². The standard InChI is InChI=1S/C7H6Cl2N2S/c1-2-5(11-10)4-3-6(8)12-7(4)9/h1,3,5,11H,10H2. The Morgan fingerprint density at radius 2 is 2.33 bits per heavy atom. The van der Waals surface area contributed by atoms with E-state index >= 15 is 0 Å². The monoisotopic (exact) mass is 220 g/mol. The smallest absolute Gasteiger partial charge is 0.109 e. The molecule has 0 fully saturated rings. The van der Waals surface area contributed by atoms with Gasteiger partial charge in [-0.15, -0.1) is 17.8 Å². The highest BCUT2D eigenvalue weighted by Gasteiger charge is 2.13. The summed E-state index contributed by atoms with van der Waals surface area (Å²) in [4.78, 5) is 0. The number of thiophene rings is 1. The van der Waals surface area contributed by atoms with Crippen LogP contribution in [0.5, 0.6) is 0 Å². The highest BCUT2D eigenvalue weighted by Crippen LogP contribution is 2.34. The molecule has 1 unspecified atom stereocenters. The minimum Gasteiger partial charge on any atom is -0.270 e.